The maximum atomic E-state index is 15.3. The fourth-order valence-corrected chi connectivity index (χ4v) is 6.07. The third kappa shape index (κ3) is 4.75. The van der Waals surface area contributed by atoms with Crippen LogP contribution in [0.3, 0.4) is 0 Å². The van der Waals surface area contributed by atoms with E-state index in [0.29, 0.717) is 42.3 Å². The minimum absolute atomic E-state index is 0.0655. The van der Waals surface area contributed by atoms with Gasteiger partial charge in [0.15, 0.2) is 5.75 Å². The molecule has 2 aliphatic heterocycles. The lowest BCUT2D eigenvalue weighted by molar-refractivity contribution is -0.130. The number of carbonyl (C=O) groups excluding carboxylic acids is 2. The van der Waals surface area contributed by atoms with Crippen LogP contribution in [0.4, 0.5) is 14.5 Å². The summed E-state index contributed by atoms with van der Waals surface area (Å²) in [6, 6.07) is 5.23. The van der Waals surface area contributed by atoms with Crippen molar-refractivity contribution in [3.63, 3.8) is 0 Å². The van der Waals surface area contributed by atoms with E-state index in [2.05, 4.69) is 11.5 Å². The summed E-state index contributed by atoms with van der Waals surface area (Å²) in [5, 5.41) is 0. The zero-order chi connectivity index (χ0) is 28.7. The standard InChI is InChI=1S/C31H36F2N4O3/c1-6-22-16-40-30-28(23-11-10-21(32)12-26(23)33)24(20-8-9-20)13-25(29(30)37(22)17-38)31(34-5)36-15-18(3)35(14-19(36)4)27(39)7-2/h7,10-13,17-20,22H,2,6,8-9,14-16H2,1,3-5H3/t18-,19+,22-/m1/s1. The Labute approximate surface area is 234 Å². The highest BCUT2D eigenvalue weighted by atomic mass is 19.1. The van der Waals surface area contributed by atoms with Gasteiger partial charge in [-0.15, -0.1) is 0 Å². The molecule has 0 radical (unpaired) electrons. The Hall–Kier alpha value is -3.75. The SMILES string of the molecule is C=CC(=O)N1C[C@H](C)N(C(=NC)c2cc(C3CC3)c(-c3ccc(F)cc3F)c3c2N(C=O)[C@H](CC)CO3)C[C@H]1C. The molecule has 2 amide bonds. The lowest BCUT2D eigenvalue weighted by Crippen LogP contribution is -2.59. The Kier molecular flexibility index (Phi) is 7.66. The molecule has 2 heterocycles. The number of benzene rings is 2. The Morgan fingerprint density at radius 2 is 1.85 bits per heavy atom. The molecule has 1 aliphatic carbocycles. The zero-order valence-electron chi connectivity index (χ0n) is 23.5. The number of aliphatic imine (C=N–C) groups is 1. The Morgan fingerprint density at radius 1 is 1.15 bits per heavy atom. The fourth-order valence-electron chi connectivity index (χ4n) is 6.07. The number of fused-ring (bicyclic) bond motifs is 1. The Morgan fingerprint density at radius 3 is 2.45 bits per heavy atom. The van der Waals surface area contributed by atoms with E-state index in [1.54, 1.807) is 16.8 Å². The van der Waals surface area contributed by atoms with Crippen molar-refractivity contribution in [2.24, 2.45) is 4.99 Å². The van der Waals surface area contributed by atoms with E-state index < -0.39 is 11.6 Å². The molecule has 7 nitrogen and oxygen atoms in total. The van der Waals surface area contributed by atoms with E-state index in [4.69, 9.17) is 9.73 Å². The first-order chi connectivity index (χ1) is 19.2. The average molecular weight is 551 g/mol. The fraction of sp³-hybridized carbons (Fsp3) is 0.452. The molecular formula is C31H36F2N4O3. The highest BCUT2D eigenvalue weighted by Crippen LogP contribution is 2.53. The maximum Gasteiger partial charge on any atom is 0.246 e. The van der Waals surface area contributed by atoms with Crippen molar-refractivity contribution in [3.8, 4) is 16.9 Å². The van der Waals surface area contributed by atoms with Crippen LogP contribution in [0.5, 0.6) is 5.75 Å². The first-order valence-electron chi connectivity index (χ1n) is 13.9. The number of nitrogens with zero attached hydrogens (tertiary/aromatic N) is 4. The molecule has 0 unspecified atom stereocenters. The molecule has 5 rings (SSSR count). The maximum absolute atomic E-state index is 15.3. The molecule has 0 spiro atoms. The van der Waals surface area contributed by atoms with Crippen molar-refractivity contribution < 1.29 is 23.1 Å². The van der Waals surface area contributed by atoms with E-state index in [1.807, 2.05) is 26.8 Å². The van der Waals surface area contributed by atoms with Gasteiger partial charge in [0, 0.05) is 55.0 Å². The molecule has 9 heteroatoms. The summed E-state index contributed by atoms with van der Waals surface area (Å²) >= 11 is 0. The summed E-state index contributed by atoms with van der Waals surface area (Å²) in [5.74, 6) is -0.147. The largest absolute Gasteiger partial charge is 0.489 e. The third-order valence-corrected chi connectivity index (χ3v) is 8.33. The van der Waals surface area contributed by atoms with Gasteiger partial charge < -0.3 is 19.4 Å². The van der Waals surface area contributed by atoms with E-state index in [0.717, 1.165) is 36.4 Å². The smallest absolute Gasteiger partial charge is 0.246 e. The molecule has 40 heavy (non-hydrogen) atoms. The van der Waals surface area contributed by atoms with Crippen molar-refractivity contribution in [2.45, 2.75) is 64.1 Å². The Balaban J connectivity index is 1.72. The monoisotopic (exact) mass is 550 g/mol. The normalized spacial score (nSPS) is 23.0. The number of ether oxygens (including phenoxy) is 1. The van der Waals surface area contributed by atoms with Gasteiger partial charge in [-0.25, -0.2) is 8.78 Å². The minimum atomic E-state index is -0.675. The van der Waals surface area contributed by atoms with Crippen LogP contribution in [0.2, 0.25) is 0 Å². The molecule has 3 aliphatic rings. The molecule has 2 fully saturated rings. The molecule has 1 saturated carbocycles. The van der Waals surface area contributed by atoms with Crippen LogP contribution in [0, 0.1) is 11.6 Å². The van der Waals surface area contributed by atoms with Gasteiger partial charge in [-0.3, -0.25) is 14.6 Å². The van der Waals surface area contributed by atoms with Crippen LogP contribution in [-0.4, -0.2) is 72.8 Å². The number of carbonyl (C=O) groups is 2. The van der Waals surface area contributed by atoms with E-state index in [-0.39, 0.29) is 42.1 Å². The topological polar surface area (TPSA) is 65.5 Å². The summed E-state index contributed by atoms with van der Waals surface area (Å²) in [7, 11) is 1.72. The average Bonchev–Trinajstić information content (AvgIpc) is 3.79. The van der Waals surface area contributed by atoms with E-state index >= 15 is 4.39 Å². The van der Waals surface area contributed by atoms with Crippen molar-refractivity contribution in [1.82, 2.24) is 9.80 Å². The quantitative estimate of drug-likeness (QED) is 0.217. The number of halogens is 2. The number of amides is 2. The second-order valence-corrected chi connectivity index (χ2v) is 10.9. The van der Waals surface area contributed by atoms with Crippen LogP contribution in [0.25, 0.3) is 11.1 Å². The number of piperazine rings is 1. The predicted octanol–water partition coefficient (Wildman–Crippen LogP) is 5.13. The van der Waals surface area contributed by atoms with Gasteiger partial charge in [0.25, 0.3) is 0 Å². The van der Waals surface area contributed by atoms with Gasteiger partial charge in [0.2, 0.25) is 12.3 Å². The highest BCUT2D eigenvalue weighted by molar-refractivity contribution is 6.09. The number of amidine groups is 1. The first kappa shape index (κ1) is 27.8. The first-order valence-corrected chi connectivity index (χ1v) is 13.9. The molecule has 1 saturated heterocycles. The van der Waals surface area contributed by atoms with Gasteiger partial charge in [0.05, 0.1) is 11.7 Å². The van der Waals surface area contributed by atoms with Gasteiger partial charge in [-0.05, 0) is 68.9 Å². The van der Waals surface area contributed by atoms with Crippen molar-refractivity contribution in [1.29, 1.82) is 0 Å². The predicted molar refractivity (Wildman–Crippen MR) is 152 cm³/mol. The van der Waals surface area contributed by atoms with E-state index in [1.165, 1.54) is 18.2 Å². The van der Waals surface area contributed by atoms with Crippen LogP contribution < -0.4 is 9.64 Å². The van der Waals surface area contributed by atoms with Gasteiger partial charge in [-0.2, -0.15) is 0 Å². The minimum Gasteiger partial charge on any atom is -0.489 e. The zero-order valence-corrected chi connectivity index (χ0v) is 23.5. The van der Waals surface area contributed by atoms with Gasteiger partial charge in [0.1, 0.15) is 24.1 Å². The number of anilines is 1. The summed E-state index contributed by atoms with van der Waals surface area (Å²) in [4.78, 5) is 35.5. The summed E-state index contributed by atoms with van der Waals surface area (Å²) in [5.41, 5.74) is 3.00. The van der Waals surface area contributed by atoms with Crippen LogP contribution in [0.1, 0.15) is 57.1 Å². The van der Waals surface area contributed by atoms with Crippen LogP contribution >= 0.6 is 0 Å². The number of hydrogen-bond acceptors (Lipinski definition) is 4. The van der Waals surface area contributed by atoms with Crippen molar-refractivity contribution in [2.75, 3.05) is 31.6 Å². The van der Waals surface area contributed by atoms with Gasteiger partial charge in [-0.1, -0.05) is 13.5 Å². The molecule has 0 aromatic heterocycles. The van der Waals surface area contributed by atoms with Crippen molar-refractivity contribution in [3.05, 3.63) is 59.7 Å². The summed E-state index contributed by atoms with van der Waals surface area (Å²) in [6.45, 7) is 11.0. The molecular weight excluding hydrogens is 514 g/mol. The van der Waals surface area contributed by atoms with Crippen LogP contribution in [-0.2, 0) is 9.59 Å². The molecule has 0 bridgehead atoms. The van der Waals surface area contributed by atoms with Gasteiger partial charge >= 0.3 is 0 Å². The van der Waals surface area contributed by atoms with Crippen LogP contribution in [0.15, 0.2) is 41.9 Å². The molecule has 212 valence electrons. The molecule has 3 atom stereocenters. The number of rotatable bonds is 6. The lowest BCUT2D eigenvalue weighted by Gasteiger charge is -2.46. The molecule has 0 N–H and O–H groups in total. The highest BCUT2D eigenvalue weighted by Gasteiger charge is 2.40. The second kappa shape index (κ2) is 11.0. The molecule has 2 aromatic rings. The lowest BCUT2D eigenvalue weighted by atomic mass is 9.89. The second-order valence-electron chi connectivity index (χ2n) is 10.9. The van der Waals surface area contributed by atoms with E-state index in [9.17, 15) is 14.0 Å². The summed E-state index contributed by atoms with van der Waals surface area (Å²) < 4.78 is 35.6. The number of hydrogen-bond donors (Lipinski definition) is 0. The Bertz CT molecular complexity index is 1370. The van der Waals surface area contributed by atoms with Crippen molar-refractivity contribution >= 4 is 23.8 Å². The third-order valence-electron chi connectivity index (χ3n) is 8.33. The molecule has 2 aromatic carbocycles. The summed E-state index contributed by atoms with van der Waals surface area (Å²) in [6.07, 6.45) is 4.69.